The largest absolute Gasteiger partial charge is 0.316 e. The van der Waals surface area contributed by atoms with E-state index >= 15 is 0 Å². The first kappa shape index (κ1) is 11.5. The summed E-state index contributed by atoms with van der Waals surface area (Å²) in [4.78, 5) is 4.64. The Morgan fingerprint density at radius 2 is 2.35 bits per heavy atom. The molecule has 1 saturated heterocycles. The fourth-order valence-electron chi connectivity index (χ4n) is 2.40. The minimum absolute atomic E-state index is 0.473. The molecule has 1 N–H and O–H groups in total. The molecule has 0 aliphatic carbocycles. The number of nitrogens with zero attached hydrogens (tertiary/aromatic N) is 2. The van der Waals surface area contributed by atoms with Crippen LogP contribution in [0.5, 0.6) is 0 Å². The summed E-state index contributed by atoms with van der Waals surface area (Å²) in [6.45, 7) is 2.11. The van der Waals surface area contributed by atoms with Gasteiger partial charge in [0.1, 0.15) is 10.4 Å². The quantitative estimate of drug-likeness (QED) is 0.876. The Hall–Kier alpha value is -0.580. The second kappa shape index (κ2) is 4.59. The molecule has 90 valence electrons. The van der Waals surface area contributed by atoms with Crippen LogP contribution in [-0.4, -0.2) is 22.5 Å². The molecule has 2 aromatic heterocycles. The van der Waals surface area contributed by atoms with Gasteiger partial charge in [0.15, 0.2) is 0 Å². The third-order valence-corrected chi connectivity index (χ3v) is 4.05. The van der Waals surface area contributed by atoms with Crippen LogP contribution in [0.1, 0.15) is 24.6 Å². The number of rotatable bonds is 1. The van der Waals surface area contributed by atoms with Crippen LogP contribution < -0.4 is 5.32 Å². The smallest absolute Gasteiger partial charge is 0.132 e. The fraction of sp³-hybridized carbons (Fsp3) is 0.417. The lowest BCUT2D eigenvalue weighted by Crippen LogP contribution is -2.29. The molecule has 3 heterocycles. The number of pyridine rings is 1. The van der Waals surface area contributed by atoms with Crippen LogP contribution in [0.25, 0.3) is 5.52 Å². The Kier molecular flexibility index (Phi) is 3.11. The van der Waals surface area contributed by atoms with Crippen molar-refractivity contribution in [3.63, 3.8) is 0 Å². The van der Waals surface area contributed by atoms with Crippen molar-refractivity contribution >= 4 is 33.0 Å². The van der Waals surface area contributed by atoms with Crippen molar-refractivity contribution < 1.29 is 0 Å². The highest BCUT2D eigenvalue weighted by molar-refractivity contribution is 9.10. The van der Waals surface area contributed by atoms with Crippen LogP contribution >= 0.6 is 27.5 Å². The van der Waals surface area contributed by atoms with Gasteiger partial charge in [-0.05, 0) is 47.4 Å². The summed E-state index contributed by atoms with van der Waals surface area (Å²) in [6.07, 6.45) is 4.33. The first-order valence-electron chi connectivity index (χ1n) is 5.79. The van der Waals surface area contributed by atoms with E-state index in [4.69, 9.17) is 11.6 Å². The number of piperidine rings is 1. The number of hydrogen-bond donors (Lipinski definition) is 1. The normalized spacial score (nSPS) is 20.9. The van der Waals surface area contributed by atoms with Crippen molar-refractivity contribution in [3.8, 4) is 0 Å². The van der Waals surface area contributed by atoms with E-state index in [-0.39, 0.29) is 0 Å². The number of imidazole rings is 1. The summed E-state index contributed by atoms with van der Waals surface area (Å²) in [7, 11) is 0. The van der Waals surface area contributed by atoms with E-state index in [1.165, 1.54) is 12.8 Å². The standard InChI is InChI=1S/C12H13BrClN3/c13-11-10-4-3-9(14)7-17(10)12(16-11)8-2-1-5-15-6-8/h3-4,7-8,15H,1-2,5-6H2. The summed E-state index contributed by atoms with van der Waals surface area (Å²) in [5.41, 5.74) is 1.08. The summed E-state index contributed by atoms with van der Waals surface area (Å²) < 4.78 is 3.00. The molecular formula is C12H13BrClN3. The van der Waals surface area contributed by atoms with E-state index in [1.807, 2.05) is 18.3 Å². The molecule has 17 heavy (non-hydrogen) atoms. The Morgan fingerprint density at radius 3 is 3.12 bits per heavy atom. The summed E-state index contributed by atoms with van der Waals surface area (Å²) in [5, 5.41) is 4.16. The molecule has 1 atom stereocenters. The predicted octanol–water partition coefficient (Wildman–Crippen LogP) is 3.22. The van der Waals surface area contributed by atoms with Gasteiger partial charge < -0.3 is 9.72 Å². The van der Waals surface area contributed by atoms with Gasteiger partial charge in [-0.25, -0.2) is 4.98 Å². The van der Waals surface area contributed by atoms with Gasteiger partial charge in [-0.1, -0.05) is 11.6 Å². The molecule has 1 unspecified atom stereocenters. The Labute approximate surface area is 113 Å². The summed E-state index contributed by atoms with van der Waals surface area (Å²) in [6, 6.07) is 3.89. The van der Waals surface area contributed by atoms with E-state index in [2.05, 4.69) is 30.6 Å². The van der Waals surface area contributed by atoms with Gasteiger partial charge in [-0.3, -0.25) is 0 Å². The van der Waals surface area contributed by atoms with Crippen molar-refractivity contribution in [1.82, 2.24) is 14.7 Å². The van der Waals surface area contributed by atoms with Gasteiger partial charge in [0.05, 0.1) is 10.5 Å². The highest BCUT2D eigenvalue weighted by Crippen LogP contribution is 2.28. The number of halogens is 2. The van der Waals surface area contributed by atoms with Crippen molar-refractivity contribution in [2.45, 2.75) is 18.8 Å². The minimum atomic E-state index is 0.473. The Morgan fingerprint density at radius 1 is 1.47 bits per heavy atom. The second-order valence-corrected chi connectivity index (χ2v) is 5.59. The zero-order chi connectivity index (χ0) is 11.8. The average molecular weight is 315 g/mol. The van der Waals surface area contributed by atoms with E-state index in [9.17, 15) is 0 Å². The van der Waals surface area contributed by atoms with E-state index in [1.54, 1.807) is 0 Å². The fourth-order valence-corrected chi connectivity index (χ4v) is 3.07. The maximum absolute atomic E-state index is 6.06. The Bertz CT molecular complexity index is 546. The highest BCUT2D eigenvalue weighted by atomic mass is 79.9. The molecule has 0 spiro atoms. The van der Waals surface area contributed by atoms with Crippen molar-refractivity contribution in [1.29, 1.82) is 0 Å². The summed E-state index contributed by atoms with van der Waals surface area (Å²) in [5.74, 6) is 1.57. The molecule has 0 radical (unpaired) electrons. The minimum Gasteiger partial charge on any atom is -0.316 e. The SMILES string of the molecule is Clc1ccc2c(Br)nc(C3CCCNC3)n2c1. The molecule has 5 heteroatoms. The molecule has 1 aliphatic rings. The topological polar surface area (TPSA) is 29.3 Å². The molecule has 0 aromatic carbocycles. The molecule has 1 fully saturated rings. The van der Waals surface area contributed by atoms with Crippen LogP contribution in [0.15, 0.2) is 22.9 Å². The van der Waals surface area contributed by atoms with Crippen LogP contribution in [0.3, 0.4) is 0 Å². The van der Waals surface area contributed by atoms with E-state index in [0.717, 1.165) is 34.1 Å². The molecule has 2 aromatic rings. The number of fused-ring (bicyclic) bond motifs is 1. The second-order valence-electron chi connectivity index (χ2n) is 4.41. The molecule has 1 aliphatic heterocycles. The monoisotopic (exact) mass is 313 g/mol. The summed E-state index contributed by atoms with van der Waals surface area (Å²) >= 11 is 9.57. The lowest BCUT2D eigenvalue weighted by molar-refractivity contribution is 0.445. The average Bonchev–Trinajstić information content (AvgIpc) is 2.67. The van der Waals surface area contributed by atoms with Crippen molar-refractivity contribution in [3.05, 3.63) is 33.8 Å². The van der Waals surface area contributed by atoms with Gasteiger partial charge in [0.25, 0.3) is 0 Å². The van der Waals surface area contributed by atoms with E-state index < -0.39 is 0 Å². The van der Waals surface area contributed by atoms with Crippen molar-refractivity contribution in [2.24, 2.45) is 0 Å². The van der Waals surface area contributed by atoms with Crippen LogP contribution in [-0.2, 0) is 0 Å². The third kappa shape index (κ3) is 2.09. The van der Waals surface area contributed by atoms with Crippen LogP contribution in [0, 0.1) is 0 Å². The third-order valence-electron chi connectivity index (χ3n) is 3.25. The van der Waals surface area contributed by atoms with E-state index in [0.29, 0.717) is 5.92 Å². The van der Waals surface area contributed by atoms with Gasteiger partial charge in [-0.15, -0.1) is 0 Å². The maximum Gasteiger partial charge on any atom is 0.132 e. The zero-order valence-corrected chi connectivity index (χ0v) is 11.6. The lowest BCUT2D eigenvalue weighted by Gasteiger charge is -2.21. The maximum atomic E-state index is 6.06. The molecular weight excluding hydrogens is 302 g/mol. The highest BCUT2D eigenvalue weighted by Gasteiger charge is 2.21. The van der Waals surface area contributed by atoms with Gasteiger partial charge in [0.2, 0.25) is 0 Å². The lowest BCUT2D eigenvalue weighted by atomic mass is 9.99. The molecule has 0 bridgehead atoms. The molecule has 0 saturated carbocycles. The molecule has 3 nitrogen and oxygen atoms in total. The van der Waals surface area contributed by atoms with Crippen LogP contribution in [0.4, 0.5) is 0 Å². The van der Waals surface area contributed by atoms with Gasteiger partial charge >= 0.3 is 0 Å². The van der Waals surface area contributed by atoms with Crippen molar-refractivity contribution in [2.75, 3.05) is 13.1 Å². The predicted molar refractivity (Wildman–Crippen MR) is 72.7 cm³/mol. The Balaban J connectivity index is 2.11. The zero-order valence-electron chi connectivity index (χ0n) is 9.29. The van der Waals surface area contributed by atoms with Gasteiger partial charge in [0, 0.05) is 18.7 Å². The first-order valence-corrected chi connectivity index (χ1v) is 6.96. The van der Waals surface area contributed by atoms with Gasteiger partial charge in [-0.2, -0.15) is 0 Å². The molecule has 3 rings (SSSR count). The number of nitrogens with one attached hydrogen (secondary N) is 1. The first-order chi connectivity index (χ1) is 8.25. The van der Waals surface area contributed by atoms with Crippen LogP contribution in [0.2, 0.25) is 5.02 Å². The molecule has 0 amide bonds. The number of hydrogen-bond acceptors (Lipinski definition) is 2. The number of aromatic nitrogens is 2.